The molecule has 0 amide bonds. The van der Waals surface area contributed by atoms with Gasteiger partial charge in [-0.15, -0.1) is 11.3 Å². The number of halogens is 1. The van der Waals surface area contributed by atoms with E-state index in [2.05, 4.69) is 32.3 Å². The standard InChI is InChI=1S/C20H14BrN3O2S/c1-26-20(25)16-4-2-3-5-17(16)23-11-14(10-22)19-24-18(12-27-19)13-6-8-15(21)9-7-13/h2-9,11-12,23H,1H3/b14-11+. The van der Waals surface area contributed by atoms with E-state index in [4.69, 9.17) is 4.74 Å². The first-order valence-electron chi connectivity index (χ1n) is 7.88. The number of allylic oxidation sites excluding steroid dienone is 1. The van der Waals surface area contributed by atoms with Crippen molar-refractivity contribution in [1.29, 1.82) is 5.26 Å². The SMILES string of the molecule is COC(=O)c1ccccc1N/C=C(\C#N)c1nc(-c2ccc(Br)cc2)cs1. The van der Waals surface area contributed by atoms with Crippen molar-refractivity contribution in [2.75, 3.05) is 12.4 Å². The van der Waals surface area contributed by atoms with E-state index >= 15 is 0 Å². The molecule has 5 nitrogen and oxygen atoms in total. The minimum absolute atomic E-state index is 0.378. The van der Waals surface area contributed by atoms with E-state index < -0.39 is 5.97 Å². The second kappa shape index (κ2) is 8.62. The molecule has 0 aliphatic rings. The highest BCUT2D eigenvalue weighted by atomic mass is 79.9. The largest absolute Gasteiger partial charge is 0.465 e. The number of carbonyl (C=O) groups is 1. The summed E-state index contributed by atoms with van der Waals surface area (Å²) in [6.45, 7) is 0. The number of methoxy groups -OCH3 is 1. The quantitative estimate of drug-likeness (QED) is 0.429. The highest BCUT2D eigenvalue weighted by Crippen LogP contribution is 2.27. The van der Waals surface area contributed by atoms with E-state index in [0.717, 1.165) is 15.7 Å². The molecule has 0 spiro atoms. The van der Waals surface area contributed by atoms with E-state index in [-0.39, 0.29) is 0 Å². The summed E-state index contributed by atoms with van der Waals surface area (Å²) in [6.07, 6.45) is 1.55. The highest BCUT2D eigenvalue weighted by molar-refractivity contribution is 9.10. The van der Waals surface area contributed by atoms with Crippen molar-refractivity contribution < 1.29 is 9.53 Å². The number of ether oxygens (including phenoxy) is 1. The Bertz CT molecular complexity index is 1040. The van der Waals surface area contributed by atoms with Gasteiger partial charge in [-0.05, 0) is 24.3 Å². The van der Waals surface area contributed by atoms with Crippen molar-refractivity contribution in [3.63, 3.8) is 0 Å². The maximum Gasteiger partial charge on any atom is 0.339 e. The second-order valence-electron chi connectivity index (χ2n) is 5.40. The number of rotatable bonds is 5. The van der Waals surface area contributed by atoms with Crippen molar-refractivity contribution in [1.82, 2.24) is 4.98 Å². The van der Waals surface area contributed by atoms with Gasteiger partial charge in [0.2, 0.25) is 0 Å². The van der Waals surface area contributed by atoms with Gasteiger partial charge in [-0.1, -0.05) is 40.2 Å². The predicted octanol–water partition coefficient (Wildman–Crippen LogP) is 5.34. The number of hydrogen-bond donors (Lipinski definition) is 1. The third kappa shape index (κ3) is 4.42. The van der Waals surface area contributed by atoms with Gasteiger partial charge >= 0.3 is 5.97 Å². The first-order chi connectivity index (χ1) is 13.1. The molecule has 0 aliphatic heterocycles. The van der Waals surface area contributed by atoms with Gasteiger partial charge in [0.1, 0.15) is 16.6 Å². The molecule has 0 radical (unpaired) electrons. The Morgan fingerprint density at radius 1 is 1.26 bits per heavy atom. The Balaban J connectivity index is 1.85. The van der Waals surface area contributed by atoms with Gasteiger partial charge in [-0.25, -0.2) is 9.78 Å². The van der Waals surface area contributed by atoms with Gasteiger partial charge in [0.05, 0.1) is 24.1 Å². The second-order valence-corrected chi connectivity index (χ2v) is 7.17. The Kier molecular flexibility index (Phi) is 6.01. The molecular formula is C20H14BrN3O2S. The monoisotopic (exact) mass is 439 g/mol. The van der Waals surface area contributed by atoms with E-state index in [9.17, 15) is 10.1 Å². The maximum absolute atomic E-state index is 11.8. The summed E-state index contributed by atoms with van der Waals surface area (Å²) < 4.78 is 5.77. The summed E-state index contributed by atoms with van der Waals surface area (Å²) in [5.41, 5.74) is 3.11. The molecule has 0 fully saturated rings. The molecule has 134 valence electrons. The summed E-state index contributed by atoms with van der Waals surface area (Å²) >= 11 is 4.80. The zero-order valence-corrected chi connectivity index (χ0v) is 16.7. The van der Waals surface area contributed by atoms with Crippen molar-refractivity contribution >= 4 is 44.5 Å². The van der Waals surface area contributed by atoms with Gasteiger partial charge in [0, 0.05) is 21.6 Å². The molecule has 0 bridgehead atoms. The lowest BCUT2D eigenvalue weighted by Crippen LogP contribution is -2.05. The van der Waals surface area contributed by atoms with Crippen LogP contribution in [0.4, 0.5) is 5.69 Å². The molecule has 7 heteroatoms. The molecule has 1 N–H and O–H groups in total. The Morgan fingerprint density at radius 2 is 2.00 bits per heavy atom. The molecule has 0 saturated heterocycles. The molecule has 0 atom stereocenters. The van der Waals surface area contributed by atoms with Crippen LogP contribution in [0.25, 0.3) is 16.8 Å². The first-order valence-corrected chi connectivity index (χ1v) is 9.55. The number of para-hydroxylation sites is 1. The van der Waals surface area contributed by atoms with E-state index in [1.54, 1.807) is 30.5 Å². The number of nitrogens with zero attached hydrogens (tertiary/aromatic N) is 2. The van der Waals surface area contributed by atoms with Crippen LogP contribution in [0.1, 0.15) is 15.4 Å². The summed E-state index contributed by atoms with van der Waals surface area (Å²) in [5.74, 6) is -0.447. The lowest BCUT2D eigenvalue weighted by Gasteiger charge is -2.07. The highest BCUT2D eigenvalue weighted by Gasteiger charge is 2.12. The maximum atomic E-state index is 11.8. The van der Waals surface area contributed by atoms with Gasteiger partial charge < -0.3 is 10.1 Å². The minimum atomic E-state index is -0.447. The van der Waals surface area contributed by atoms with Crippen molar-refractivity contribution in [2.45, 2.75) is 0 Å². The molecule has 1 aromatic heterocycles. The summed E-state index contributed by atoms with van der Waals surface area (Å²) in [4.78, 5) is 16.4. The lowest BCUT2D eigenvalue weighted by molar-refractivity contribution is 0.0602. The first kappa shape index (κ1) is 18.8. The van der Waals surface area contributed by atoms with Gasteiger partial charge in [0.15, 0.2) is 0 Å². The van der Waals surface area contributed by atoms with Crippen molar-refractivity contribution in [3.8, 4) is 17.3 Å². The van der Waals surface area contributed by atoms with Crippen LogP contribution < -0.4 is 5.32 Å². The number of aromatic nitrogens is 1. The number of anilines is 1. The summed E-state index contributed by atoms with van der Waals surface area (Å²) in [5, 5.41) is 15.0. The third-order valence-electron chi connectivity index (χ3n) is 3.70. The smallest absolute Gasteiger partial charge is 0.339 e. The summed E-state index contributed by atoms with van der Waals surface area (Å²) in [6, 6.07) is 16.9. The third-order valence-corrected chi connectivity index (χ3v) is 5.10. The fourth-order valence-corrected chi connectivity index (χ4v) is 3.40. The zero-order valence-electron chi connectivity index (χ0n) is 14.3. The average molecular weight is 440 g/mol. The van der Waals surface area contributed by atoms with Crippen LogP contribution in [0.3, 0.4) is 0 Å². The molecule has 0 saturated carbocycles. The normalized spacial score (nSPS) is 10.9. The molecule has 2 aromatic carbocycles. The van der Waals surface area contributed by atoms with E-state index in [0.29, 0.717) is 21.8 Å². The predicted molar refractivity (Wildman–Crippen MR) is 110 cm³/mol. The average Bonchev–Trinajstić information content (AvgIpc) is 3.18. The Labute approximate surface area is 169 Å². The van der Waals surface area contributed by atoms with Crippen LogP contribution >= 0.6 is 27.3 Å². The number of thiazole rings is 1. The van der Waals surface area contributed by atoms with E-state index in [1.807, 2.05) is 29.6 Å². The van der Waals surface area contributed by atoms with Gasteiger partial charge in [0.25, 0.3) is 0 Å². The lowest BCUT2D eigenvalue weighted by atomic mass is 10.2. The van der Waals surface area contributed by atoms with E-state index in [1.165, 1.54) is 18.4 Å². The Morgan fingerprint density at radius 3 is 2.70 bits per heavy atom. The molecule has 0 unspecified atom stereocenters. The van der Waals surface area contributed by atoms with Gasteiger partial charge in [-0.3, -0.25) is 0 Å². The topological polar surface area (TPSA) is 75.0 Å². The van der Waals surface area contributed by atoms with Crippen LogP contribution in [0.5, 0.6) is 0 Å². The molecule has 3 rings (SSSR count). The van der Waals surface area contributed by atoms with Gasteiger partial charge in [-0.2, -0.15) is 5.26 Å². The van der Waals surface area contributed by atoms with Crippen LogP contribution in [-0.4, -0.2) is 18.1 Å². The van der Waals surface area contributed by atoms with Crippen LogP contribution in [-0.2, 0) is 4.74 Å². The summed E-state index contributed by atoms with van der Waals surface area (Å²) in [7, 11) is 1.33. The number of benzene rings is 2. The molecule has 27 heavy (non-hydrogen) atoms. The van der Waals surface area contributed by atoms with Crippen LogP contribution in [0.2, 0.25) is 0 Å². The number of carbonyl (C=O) groups excluding carboxylic acids is 1. The molecule has 1 heterocycles. The zero-order chi connectivity index (χ0) is 19.2. The van der Waals surface area contributed by atoms with Crippen LogP contribution in [0.15, 0.2) is 64.6 Å². The van der Waals surface area contributed by atoms with Crippen molar-refractivity contribution in [3.05, 3.63) is 75.2 Å². The number of esters is 1. The molecule has 0 aliphatic carbocycles. The van der Waals surface area contributed by atoms with Crippen LogP contribution in [0, 0.1) is 11.3 Å². The van der Waals surface area contributed by atoms with Crippen molar-refractivity contribution in [2.24, 2.45) is 0 Å². The number of hydrogen-bond acceptors (Lipinski definition) is 6. The number of nitrogens with one attached hydrogen (secondary N) is 1. The fourth-order valence-electron chi connectivity index (χ4n) is 2.34. The molecule has 3 aromatic rings. The number of nitriles is 1. The molecular weight excluding hydrogens is 426 g/mol. The Hall–Kier alpha value is -2.95. The minimum Gasteiger partial charge on any atom is -0.465 e. The fraction of sp³-hybridized carbons (Fsp3) is 0.0500.